The van der Waals surface area contributed by atoms with Crippen molar-refractivity contribution in [3.8, 4) is 5.75 Å². The maximum atomic E-state index is 12.9. The van der Waals surface area contributed by atoms with Crippen LogP contribution in [0.15, 0.2) is 42.5 Å². The molecule has 2 aromatic rings. The summed E-state index contributed by atoms with van der Waals surface area (Å²) in [5, 5.41) is 2.76. The smallest absolute Gasteiger partial charge is 0.264 e. The predicted molar refractivity (Wildman–Crippen MR) is 98.6 cm³/mol. The number of hydrogen-bond donors (Lipinski definition) is 1. The molecular weight excluding hydrogens is 351 g/mol. The summed E-state index contributed by atoms with van der Waals surface area (Å²) in [5.41, 5.74) is 1.51. The van der Waals surface area contributed by atoms with Gasteiger partial charge in [-0.15, -0.1) is 0 Å². The van der Waals surface area contributed by atoms with Gasteiger partial charge in [0.1, 0.15) is 5.82 Å². The lowest BCUT2D eigenvalue weighted by Crippen LogP contribution is -2.35. The van der Waals surface area contributed by atoms with Crippen LogP contribution < -0.4 is 15.0 Å². The molecule has 0 atom stereocenters. The fourth-order valence-corrected chi connectivity index (χ4v) is 2.81. The van der Waals surface area contributed by atoms with Crippen LogP contribution in [0.4, 0.5) is 15.8 Å². The first-order valence-corrected chi connectivity index (χ1v) is 8.56. The molecule has 1 aliphatic heterocycles. The zero-order chi connectivity index (χ0) is 19.4. The molecular formula is C20H19FN2O4. The fraction of sp³-hybridized carbons (Fsp3) is 0.250. The number of para-hydroxylation sites is 1. The molecule has 0 saturated heterocycles. The zero-order valence-corrected chi connectivity index (χ0v) is 14.8. The van der Waals surface area contributed by atoms with Gasteiger partial charge in [-0.05, 0) is 42.8 Å². The molecule has 0 aromatic heterocycles. The number of amides is 2. The van der Waals surface area contributed by atoms with E-state index in [9.17, 15) is 18.8 Å². The van der Waals surface area contributed by atoms with Gasteiger partial charge in [-0.1, -0.05) is 6.07 Å². The molecule has 7 heteroatoms. The van der Waals surface area contributed by atoms with Crippen molar-refractivity contribution in [2.24, 2.45) is 0 Å². The van der Waals surface area contributed by atoms with E-state index in [0.717, 1.165) is 0 Å². The standard InChI is InChI=1S/C20H19FN2O4/c1-23-16-5-2-4-15(20(16)27-12-19(23)26)22-18(25)7-3-6-17(24)13-8-10-14(21)11-9-13/h2,4-5,8-11H,3,6-7,12H2,1H3,(H,22,25). The number of likely N-dealkylation sites (N-methyl/N-ethyl adjacent to an activating group) is 1. The first kappa shape index (κ1) is 18.6. The summed E-state index contributed by atoms with van der Waals surface area (Å²) in [5.74, 6) is -0.492. The van der Waals surface area contributed by atoms with Gasteiger partial charge >= 0.3 is 0 Å². The number of halogens is 1. The summed E-state index contributed by atoms with van der Waals surface area (Å²) in [7, 11) is 1.65. The molecule has 1 N–H and O–H groups in total. The second kappa shape index (κ2) is 7.99. The molecule has 3 rings (SSSR count). The minimum Gasteiger partial charge on any atom is -0.479 e. The third-order valence-electron chi connectivity index (χ3n) is 4.32. The summed E-state index contributed by atoms with van der Waals surface area (Å²) >= 11 is 0. The Morgan fingerprint density at radius 3 is 2.63 bits per heavy atom. The molecule has 140 valence electrons. The van der Waals surface area contributed by atoms with Crippen molar-refractivity contribution in [2.75, 3.05) is 23.9 Å². The van der Waals surface area contributed by atoms with Gasteiger partial charge in [-0.3, -0.25) is 14.4 Å². The maximum absolute atomic E-state index is 12.9. The Morgan fingerprint density at radius 1 is 1.15 bits per heavy atom. The van der Waals surface area contributed by atoms with Crippen LogP contribution in [0.3, 0.4) is 0 Å². The van der Waals surface area contributed by atoms with E-state index in [1.165, 1.54) is 29.2 Å². The minimum atomic E-state index is -0.397. The Bertz CT molecular complexity index is 880. The number of ketones is 1. The number of ether oxygens (including phenoxy) is 1. The van der Waals surface area contributed by atoms with Gasteiger partial charge in [0.05, 0.1) is 11.4 Å². The van der Waals surface area contributed by atoms with Crippen molar-refractivity contribution in [3.05, 3.63) is 53.8 Å². The Hall–Kier alpha value is -3.22. The van der Waals surface area contributed by atoms with E-state index in [1.54, 1.807) is 25.2 Å². The van der Waals surface area contributed by atoms with Gasteiger partial charge in [0.2, 0.25) is 5.91 Å². The van der Waals surface area contributed by atoms with Crippen LogP contribution in [-0.4, -0.2) is 31.3 Å². The van der Waals surface area contributed by atoms with E-state index >= 15 is 0 Å². The van der Waals surface area contributed by atoms with Crippen molar-refractivity contribution in [2.45, 2.75) is 19.3 Å². The summed E-state index contributed by atoms with van der Waals surface area (Å²) in [4.78, 5) is 37.4. The van der Waals surface area contributed by atoms with Crippen LogP contribution in [0.5, 0.6) is 5.75 Å². The Balaban J connectivity index is 1.55. The zero-order valence-electron chi connectivity index (χ0n) is 14.8. The molecule has 0 unspecified atom stereocenters. The molecule has 2 aromatic carbocycles. The molecule has 0 saturated carbocycles. The molecule has 0 spiro atoms. The quantitative estimate of drug-likeness (QED) is 0.793. The number of nitrogens with zero attached hydrogens (tertiary/aromatic N) is 1. The number of carbonyl (C=O) groups excluding carboxylic acids is 3. The van der Waals surface area contributed by atoms with Crippen molar-refractivity contribution in [1.82, 2.24) is 0 Å². The third kappa shape index (κ3) is 4.31. The summed E-state index contributed by atoms with van der Waals surface area (Å²) < 4.78 is 18.3. The second-order valence-electron chi connectivity index (χ2n) is 6.23. The van der Waals surface area contributed by atoms with E-state index in [4.69, 9.17) is 4.74 Å². The highest BCUT2D eigenvalue weighted by Gasteiger charge is 2.24. The van der Waals surface area contributed by atoms with Crippen LogP contribution in [0.25, 0.3) is 0 Å². The highest BCUT2D eigenvalue weighted by atomic mass is 19.1. The molecule has 1 heterocycles. The van der Waals surface area contributed by atoms with Crippen molar-refractivity contribution in [1.29, 1.82) is 0 Å². The number of anilines is 2. The van der Waals surface area contributed by atoms with Gasteiger partial charge in [0.15, 0.2) is 18.1 Å². The normalized spacial score (nSPS) is 13.0. The lowest BCUT2D eigenvalue weighted by molar-refractivity contribution is -0.121. The van der Waals surface area contributed by atoms with Gasteiger partial charge in [-0.2, -0.15) is 0 Å². The fourth-order valence-electron chi connectivity index (χ4n) is 2.81. The largest absolute Gasteiger partial charge is 0.479 e. The minimum absolute atomic E-state index is 0.0808. The van der Waals surface area contributed by atoms with Crippen molar-refractivity contribution >= 4 is 29.0 Å². The van der Waals surface area contributed by atoms with E-state index in [1.807, 2.05) is 0 Å². The summed E-state index contributed by atoms with van der Waals surface area (Å²) in [6, 6.07) is 10.5. The van der Waals surface area contributed by atoms with Crippen LogP contribution in [0, 0.1) is 5.82 Å². The Labute approximate surface area is 155 Å². The molecule has 0 fully saturated rings. The molecule has 27 heavy (non-hydrogen) atoms. The van der Waals surface area contributed by atoms with E-state index in [0.29, 0.717) is 29.1 Å². The van der Waals surface area contributed by atoms with Crippen molar-refractivity contribution < 1.29 is 23.5 Å². The van der Waals surface area contributed by atoms with Crippen LogP contribution in [0.2, 0.25) is 0 Å². The maximum Gasteiger partial charge on any atom is 0.264 e. The average Bonchev–Trinajstić information content (AvgIpc) is 2.65. The summed E-state index contributed by atoms with van der Waals surface area (Å²) in [6.07, 6.45) is 0.724. The Morgan fingerprint density at radius 2 is 1.89 bits per heavy atom. The first-order chi connectivity index (χ1) is 13.0. The Kier molecular flexibility index (Phi) is 5.49. The number of benzene rings is 2. The van der Waals surface area contributed by atoms with Crippen LogP contribution >= 0.6 is 0 Å². The molecule has 2 amide bonds. The lowest BCUT2D eigenvalue weighted by atomic mass is 10.1. The highest BCUT2D eigenvalue weighted by molar-refractivity contribution is 6.01. The lowest BCUT2D eigenvalue weighted by Gasteiger charge is -2.27. The van der Waals surface area contributed by atoms with Crippen molar-refractivity contribution in [3.63, 3.8) is 0 Å². The van der Waals surface area contributed by atoms with E-state index in [2.05, 4.69) is 5.32 Å². The monoisotopic (exact) mass is 370 g/mol. The molecule has 1 aliphatic rings. The van der Waals surface area contributed by atoms with Gasteiger partial charge in [-0.25, -0.2) is 4.39 Å². The topological polar surface area (TPSA) is 75.7 Å². The van der Waals surface area contributed by atoms with Gasteiger partial charge in [0, 0.05) is 25.5 Å². The predicted octanol–water partition coefficient (Wildman–Crippen LogP) is 3.17. The van der Waals surface area contributed by atoms with Gasteiger partial charge in [0.25, 0.3) is 5.91 Å². The van der Waals surface area contributed by atoms with E-state index in [-0.39, 0.29) is 37.0 Å². The van der Waals surface area contributed by atoms with Crippen LogP contribution in [0.1, 0.15) is 29.6 Å². The SMILES string of the molecule is CN1C(=O)COc2c(NC(=O)CCCC(=O)c3ccc(F)cc3)cccc21. The number of fused-ring (bicyclic) bond motifs is 1. The number of nitrogens with one attached hydrogen (secondary N) is 1. The van der Waals surface area contributed by atoms with Crippen LogP contribution in [-0.2, 0) is 9.59 Å². The van der Waals surface area contributed by atoms with Gasteiger partial charge < -0.3 is 15.0 Å². The summed E-state index contributed by atoms with van der Waals surface area (Å²) in [6.45, 7) is -0.0808. The molecule has 0 radical (unpaired) electrons. The third-order valence-corrected chi connectivity index (χ3v) is 4.32. The first-order valence-electron chi connectivity index (χ1n) is 8.56. The molecule has 6 nitrogen and oxygen atoms in total. The second-order valence-corrected chi connectivity index (χ2v) is 6.23. The molecule has 0 bridgehead atoms. The number of hydrogen-bond acceptors (Lipinski definition) is 4. The number of rotatable bonds is 6. The number of carbonyl (C=O) groups is 3. The molecule has 0 aliphatic carbocycles. The highest BCUT2D eigenvalue weighted by Crippen LogP contribution is 2.38. The average molecular weight is 370 g/mol. The number of Topliss-reactive ketones (excluding diaryl/α,β-unsaturated/α-hetero) is 1. The van der Waals surface area contributed by atoms with E-state index < -0.39 is 5.82 Å².